The van der Waals surface area contributed by atoms with E-state index in [1.54, 1.807) is 35.6 Å². The van der Waals surface area contributed by atoms with Gasteiger partial charge in [0.2, 0.25) is 0 Å². The number of hydrogen-bond acceptors (Lipinski definition) is 5. The maximum absolute atomic E-state index is 12.5. The molecule has 3 heterocycles. The van der Waals surface area contributed by atoms with Gasteiger partial charge in [0.15, 0.2) is 0 Å². The number of carbonyl (C=O) groups is 1. The molecule has 1 aliphatic rings. The summed E-state index contributed by atoms with van der Waals surface area (Å²) in [7, 11) is 0. The van der Waals surface area contributed by atoms with E-state index in [1.807, 2.05) is 26.1 Å². The van der Waals surface area contributed by atoms with Crippen molar-refractivity contribution < 1.29 is 4.79 Å². The van der Waals surface area contributed by atoms with Crippen LogP contribution in [0.15, 0.2) is 42.6 Å². The largest absolute Gasteiger partial charge is 0.344 e. The Morgan fingerprint density at radius 3 is 2.75 bits per heavy atom. The van der Waals surface area contributed by atoms with Crippen LogP contribution in [0.5, 0.6) is 0 Å². The Morgan fingerprint density at radius 2 is 2.04 bits per heavy atom. The Balaban J connectivity index is 1.53. The molecule has 0 spiro atoms. The molecule has 1 aliphatic heterocycles. The molecule has 1 aromatic carbocycles. The summed E-state index contributed by atoms with van der Waals surface area (Å²) < 4.78 is 0. The lowest BCUT2D eigenvalue weighted by Crippen LogP contribution is -2.29. The van der Waals surface area contributed by atoms with Crippen molar-refractivity contribution in [2.45, 2.75) is 32.7 Å². The zero-order valence-corrected chi connectivity index (χ0v) is 17.3. The van der Waals surface area contributed by atoms with Crippen molar-refractivity contribution in [1.29, 1.82) is 0 Å². The smallest absolute Gasteiger partial charge is 0.251 e. The lowest BCUT2D eigenvalue weighted by molar-refractivity contribution is 0.0939. The number of thiazole rings is 1. The first-order chi connectivity index (χ1) is 13.5. The number of benzene rings is 1. The van der Waals surface area contributed by atoms with Crippen molar-refractivity contribution in [1.82, 2.24) is 15.3 Å². The highest BCUT2D eigenvalue weighted by atomic mass is 35.5. The second kappa shape index (κ2) is 7.89. The molecule has 4 rings (SSSR count). The molecule has 3 aromatic rings. The van der Waals surface area contributed by atoms with Crippen molar-refractivity contribution >= 4 is 39.5 Å². The lowest BCUT2D eigenvalue weighted by atomic mass is 10.1. The predicted molar refractivity (Wildman–Crippen MR) is 114 cm³/mol. The molecule has 1 N–H and O–H groups in total. The summed E-state index contributed by atoms with van der Waals surface area (Å²) in [5, 5.41) is 5.84. The maximum atomic E-state index is 12.5. The number of hydrogen-bond donors (Lipinski definition) is 1. The minimum atomic E-state index is -0.186. The first-order valence-corrected chi connectivity index (χ1v) is 10.5. The molecule has 0 saturated carbocycles. The van der Waals surface area contributed by atoms with E-state index < -0.39 is 0 Å². The van der Waals surface area contributed by atoms with Gasteiger partial charge in [0.05, 0.1) is 34.3 Å². The summed E-state index contributed by atoms with van der Waals surface area (Å²) in [4.78, 5) is 24.0. The summed E-state index contributed by atoms with van der Waals surface area (Å²) in [5.41, 5.74) is 3.65. The molecule has 7 heteroatoms. The fourth-order valence-electron chi connectivity index (χ4n) is 3.37. The number of carbonyl (C=O) groups excluding carboxylic acids is 1. The molecule has 28 heavy (non-hydrogen) atoms. The number of fused-ring (bicyclic) bond motifs is 1. The van der Waals surface area contributed by atoms with E-state index in [1.165, 1.54) is 0 Å². The number of nitrogens with zero attached hydrogens (tertiary/aromatic N) is 3. The van der Waals surface area contributed by atoms with Crippen LogP contribution >= 0.6 is 22.9 Å². The van der Waals surface area contributed by atoms with Crippen LogP contribution in [0.4, 0.5) is 10.7 Å². The standard InChI is InChI=1S/C21H21ClN4OS/c1-13(24-21(27)15-5-7-16(22)8-6-15)17-9-10-19-18(25-17)4-3-11-26(19)20-12-23-14(2)28-20/h5-10,12-13H,3-4,11H2,1-2H3,(H,24,27). The van der Waals surface area contributed by atoms with Crippen LogP contribution in [-0.2, 0) is 6.42 Å². The number of rotatable bonds is 4. The molecule has 1 amide bonds. The molecule has 1 atom stereocenters. The third-order valence-corrected chi connectivity index (χ3v) is 6.02. The van der Waals surface area contributed by atoms with Crippen LogP contribution < -0.4 is 10.2 Å². The van der Waals surface area contributed by atoms with Crippen LogP contribution in [0.25, 0.3) is 0 Å². The highest BCUT2D eigenvalue weighted by Gasteiger charge is 2.22. The Morgan fingerprint density at radius 1 is 1.25 bits per heavy atom. The molecular weight excluding hydrogens is 392 g/mol. The minimum absolute atomic E-state index is 0.134. The molecule has 0 radical (unpaired) electrons. The van der Waals surface area contributed by atoms with Crippen LogP contribution in [0.3, 0.4) is 0 Å². The molecule has 2 aromatic heterocycles. The summed E-state index contributed by atoms with van der Waals surface area (Å²) in [6.07, 6.45) is 3.92. The predicted octanol–water partition coefficient (Wildman–Crippen LogP) is 5.08. The summed E-state index contributed by atoms with van der Waals surface area (Å²) in [6.45, 7) is 4.94. The van der Waals surface area contributed by atoms with Gasteiger partial charge in [-0.15, -0.1) is 11.3 Å². The lowest BCUT2D eigenvalue weighted by Gasteiger charge is -2.29. The van der Waals surface area contributed by atoms with Crippen molar-refractivity contribution in [2.75, 3.05) is 11.4 Å². The van der Waals surface area contributed by atoms with Crippen LogP contribution in [0.1, 0.15) is 46.1 Å². The van der Waals surface area contributed by atoms with Gasteiger partial charge in [-0.05, 0) is 63.1 Å². The number of aryl methyl sites for hydroxylation is 2. The second-order valence-corrected chi connectivity index (χ2v) is 8.53. The number of anilines is 2. The van der Waals surface area contributed by atoms with Gasteiger partial charge in [0.1, 0.15) is 5.00 Å². The molecule has 144 valence electrons. The van der Waals surface area contributed by atoms with Gasteiger partial charge in [0, 0.05) is 17.1 Å². The first kappa shape index (κ1) is 18.9. The third-order valence-electron chi connectivity index (χ3n) is 4.83. The molecule has 5 nitrogen and oxygen atoms in total. The van der Waals surface area contributed by atoms with Gasteiger partial charge in [-0.3, -0.25) is 9.78 Å². The minimum Gasteiger partial charge on any atom is -0.344 e. The molecule has 1 unspecified atom stereocenters. The van der Waals surface area contributed by atoms with Gasteiger partial charge in [0.25, 0.3) is 5.91 Å². The SMILES string of the molecule is Cc1ncc(N2CCCc3nc(C(C)NC(=O)c4ccc(Cl)cc4)ccc32)s1. The Hall–Kier alpha value is -2.44. The van der Waals surface area contributed by atoms with Gasteiger partial charge < -0.3 is 10.2 Å². The summed E-state index contributed by atoms with van der Waals surface area (Å²) in [5.74, 6) is -0.134. The zero-order chi connectivity index (χ0) is 19.7. The maximum Gasteiger partial charge on any atom is 0.251 e. The van der Waals surface area contributed by atoms with Crippen molar-refractivity contribution in [3.05, 3.63) is 69.6 Å². The molecular formula is C21H21ClN4OS. The Kier molecular flexibility index (Phi) is 5.33. The van der Waals surface area contributed by atoms with Crippen LogP contribution in [0, 0.1) is 6.92 Å². The number of pyridine rings is 1. The topological polar surface area (TPSA) is 58.1 Å². The van der Waals surface area contributed by atoms with Gasteiger partial charge in [-0.1, -0.05) is 11.6 Å². The number of nitrogens with one attached hydrogen (secondary N) is 1. The van der Waals surface area contributed by atoms with E-state index in [0.717, 1.165) is 46.5 Å². The van der Waals surface area contributed by atoms with Gasteiger partial charge in [-0.2, -0.15) is 0 Å². The number of amides is 1. The summed E-state index contributed by atoms with van der Waals surface area (Å²) >= 11 is 7.59. The average molecular weight is 413 g/mol. The normalized spacial score (nSPS) is 14.5. The van der Waals surface area contributed by atoms with Gasteiger partial charge >= 0.3 is 0 Å². The monoisotopic (exact) mass is 412 g/mol. The van der Waals surface area contributed by atoms with Crippen LogP contribution in [0.2, 0.25) is 5.02 Å². The van der Waals surface area contributed by atoms with E-state index in [-0.39, 0.29) is 11.9 Å². The zero-order valence-electron chi connectivity index (χ0n) is 15.8. The van der Waals surface area contributed by atoms with Crippen molar-refractivity contribution in [2.24, 2.45) is 0 Å². The van der Waals surface area contributed by atoms with E-state index in [2.05, 4.69) is 21.3 Å². The number of aromatic nitrogens is 2. The fourth-order valence-corrected chi connectivity index (χ4v) is 4.31. The second-order valence-electron chi connectivity index (χ2n) is 6.88. The van der Waals surface area contributed by atoms with Crippen LogP contribution in [-0.4, -0.2) is 22.4 Å². The Labute approximate surface area is 173 Å². The van der Waals surface area contributed by atoms with Crippen molar-refractivity contribution in [3.8, 4) is 0 Å². The molecule has 0 saturated heterocycles. The quantitative estimate of drug-likeness (QED) is 0.649. The highest BCUT2D eigenvalue weighted by molar-refractivity contribution is 7.15. The highest BCUT2D eigenvalue weighted by Crippen LogP contribution is 2.36. The Bertz CT molecular complexity index is 1000. The van der Waals surface area contributed by atoms with E-state index >= 15 is 0 Å². The van der Waals surface area contributed by atoms with E-state index in [4.69, 9.17) is 16.6 Å². The van der Waals surface area contributed by atoms with E-state index in [9.17, 15) is 4.79 Å². The van der Waals surface area contributed by atoms with E-state index in [0.29, 0.717) is 10.6 Å². The average Bonchev–Trinajstić information content (AvgIpc) is 3.13. The molecule has 0 fully saturated rings. The van der Waals surface area contributed by atoms with Crippen molar-refractivity contribution in [3.63, 3.8) is 0 Å². The molecule has 0 aliphatic carbocycles. The van der Waals surface area contributed by atoms with Gasteiger partial charge in [-0.25, -0.2) is 4.98 Å². The summed E-state index contributed by atoms with van der Waals surface area (Å²) in [6, 6.07) is 10.8. The molecule has 0 bridgehead atoms. The fraction of sp³-hybridized carbons (Fsp3) is 0.286. The number of halogens is 1. The third kappa shape index (κ3) is 3.88. The first-order valence-electron chi connectivity index (χ1n) is 9.27.